The van der Waals surface area contributed by atoms with E-state index < -0.39 is 5.97 Å². The Balaban J connectivity index is 1.55. The number of hydrogen-bond donors (Lipinski definition) is 0. The molecule has 0 bridgehead atoms. The second kappa shape index (κ2) is 7.74. The zero-order valence-electron chi connectivity index (χ0n) is 12.1. The number of rotatable bonds is 5. The summed E-state index contributed by atoms with van der Waals surface area (Å²) in [6.07, 6.45) is 2.97. The number of esters is 1. The zero-order valence-corrected chi connectivity index (χ0v) is 15.3. The highest BCUT2D eigenvalue weighted by atomic mass is 79.9. The Morgan fingerprint density at radius 1 is 1.25 bits per heavy atom. The summed E-state index contributed by atoms with van der Waals surface area (Å²) in [4.78, 5) is 12.5. The summed E-state index contributed by atoms with van der Waals surface area (Å²) >= 11 is 10.6. The highest BCUT2D eigenvalue weighted by Gasteiger charge is 2.11. The normalized spacial score (nSPS) is 11.1. The fourth-order valence-corrected chi connectivity index (χ4v) is 3.19. The van der Waals surface area contributed by atoms with E-state index in [9.17, 15) is 4.79 Å². The van der Waals surface area contributed by atoms with E-state index in [-0.39, 0.29) is 12.5 Å². The van der Waals surface area contributed by atoms with Crippen molar-refractivity contribution in [3.63, 3.8) is 0 Å². The quantitative estimate of drug-likeness (QED) is 0.426. The molecule has 2 heterocycles. The van der Waals surface area contributed by atoms with E-state index in [1.807, 2.05) is 12.1 Å². The van der Waals surface area contributed by atoms with Crippen molar-refractivity contribution >= 4 is 50.9 Å². The third-order valence-corrected chi connectivity index (χ3v) is 4.73. The smallest absolute Gasteiger partial charge is 0.331 e. The Bertz CT molecular complexity index is 874. The number of nitrogens with zero attached hydrogens (tertiary/aromatic N) is 2. The van der Waals surface area contributed by atoms with E-state index >= 15 is 0 Å². The summed E-state index contributed by atoms with van der Waals surface area (Å²) in [6, 6.07) is 10.9. The second-order valence-corrected chi connectivity index (χ2v) is 7.50. The summed E-state index contributed by atoms with van der Waals surface area (Å²) in [5, 5.41) is 8.43. The van der Waals surface area contributed by atoms with Crippen LogP contribution in [0.5, 0.6) is 0 Å². The van der Waals surface area contributed by atoms with Gasteiger partial charge in [-0.05, 0) is 51.8 Å². The lowest BCUT2D eigenvalue weighted by atomic mass is 10.2. The molecule has 0 unspecified atom stereocenters. The third kappa shape index (κ3) is 4.53. The topological polar surface area (TPSA) is 65.2 Å². The molecule has 0 N–H and O–H groups in total. The van der Waals surface area contributed by atoms with Crippen molar-refractivity contribution in [2.45, 2.75) is 6.61 Å². The lowest BCUT2D eigenvalue weighted by Crippen LogP contribution is -2.00. The number of carbonyl (C=O) groups is 1. The van der Waals surface area contributed by atoms with E-state index in [2.05, 4.69) is 26.1 Å². The van der Waals surface area contributed by atoms with Gasteiger partial charge in [0.1, 0.15) is 0 Å². The molecule has 0 aliphatic heterocycles. The van der Waals surface area contributed by atoms with E-state index in [0.717, 1.165) is 14.2 Å². The van der Waals surface area contributed by atoms with Crippen molar-refractivity contribution in [1.82, 2.24) is 10.2 Å². The number of benzene rings is 1. The van der Waals surface area contributed by atoms with Crippen LogP contribution < -0.4 is 0 Å². The van der Waals surface area contributed by atoms with Gasteiger partial charge in [-0.3, -0.25) is 0 Å². The van der Waals surface area contributed by atoms with Gasteiger partial charge in [-0.15, -0.1) is 21.5 Å². The SMILES string of the molecule is O=C(/C=C/c1ccc(Cl)cc1)OCc1nnc(-c2ccc(Br)s2)o1. The maximum atomic E-state index is 11.7. The van der Waals surface area contributed by atoms with E-state index in [4.69, 9.17) is 20.8 Å². The van der Waals surface area contributed by atoms with Crippen LogP contribution in [0.2, 0.25) is 5.02 Å². The van der Waals surface area contributed by atoms with Crippen molar-refractivity contribution in [1.29, 1.82) is 0 Å². The number of halogens is 2. The highest BCUT2D eigenvalue weighted by molar-refractivity contribution is 9.11. The molecule has 1 aromatic carbocycles. The molecule has 0 saturated carbocycles. The third-order valence-electron chi connectivity index (χ3n) is 2.87. The van der Waals surface area contributed by atoms with Crippen LogP contribution in [0, 0.1) is 0 Å². The van der Waals surface area contributed by atoms with Gasteiger partial charge in [-0.25, -0.2) is 4.79 Å². The molecule has 0 radical (unpaired) electrons. The van der Waals surface area contributed by atoms with Crippen LogP contribution in [-0.2, 0) is 16.1 Å². The zero-order chi connectivity index (χ0) is 16.9. The van der Waals surface area contributed by atoms with Gasteiger partial charge in [0.05, 0.1) is 8.66 Å². The predicted molar refractivity (Wildman–Crippen MR) is 95.6 cm³/mol. The van der Waals surface area contributed by atoms with Gasteiger partial charge in [0.25, 0.3) is 11.8 Å². The van der Waals surface area contributed by atoms with Crippen LogP contribution in [0.1, 0.15) is 11.5 Å². The Labute approximate surface area is 155 Å². The van der Waals surface area contributed by atoms with E-state index in [1.165, 1.54) is 17.4 Å². The molecule has 0 amide bonds. The molecule has 0 saturated heterocycles. The van der Waals surface area contributed by atoms with Crippen LogP contribution in [0.25, 0.3) is 16.8 Å². The van der Waals surface area contributed by atoms with Crippen molar-refractivity contribution < 1.29 is 13.9 Å². The molecular weight excluding hydrogens is 416 g/mol. The van der Waals surface area contributed by atoms with Gasteiger partial charge in [0.2, 0.25) is 0 Å². The van der Waals surface area contributed by atoms with Crippen LogP contribution in [0.3, 0.4) is 0 Å². The predicted octanol–water partition coefficient (Wildman–Crippen LogP) is 4.97. The number of hydrogen-bond acceptors (Lipinski definition) is 6. The van der Waals surface area contributed by atoms with E-state index in [0.29, 0.717) is 10.9 Å². The first kappa shape index (κ1) is 16.9. The molecule has 0 atom stereocenters. The summed E-state index contributed by atoms with van der Waals surface area (Å²) < 4.78 is 11.5. The van der Waals surface area contributed by atoms with Gasteiger partial charge < -0.3 is 9.15 Å². The van der Waals surface area contributed by atoms with Gasteiger partial charge in [0, 0.05) is 11.1 Å². The fourth-order valence-electron chi connectivity index (χ4n) is 1.76. The van der Waals surface area contributed by atoms with Gasteiger partial charge in [-0.2, -0.15) is 0 Å². The van der Waals surface area contributed by atoms with Gasteiger partial charge in [-0.1, -0.05) is 23.7 Å². The van der Waals surface area contributed by atoms with Crippen molar-refractivity contribution in [2.24, 2.45) is 0 Å². The molecule has 122 valence electrons. The molecule has 0 aliphatic carbocycles. The Hall–Kier alpha value is -1.96. The van der Waals surface area contributed by atoms with Crippen molar-refractivity contribution in [3.8, 4) is 10.8 Å². The van der Waals surface area contributed by atoms with Gasteiger partial charge >= 0.3 is 5.97 Å². The molecular formula is C16H10BrClN2O3S. The first-order chi connectivity index (χ1) is 11.6. The Morgan fingerprint density at radius 3 is 2.75 bits per heavy atom. The monoisotopic (exact) mass is 424 g/mol. The molecule has 3 rings (SSSR count). The minimum atomic E-state index is -0.497. The Kier molecular flexibility index (Phi) is 5.44. The lowest BCUT2D eigenvalue weighted by molar-refractivity contribution is -0.139. The van der Waals surface area contributed by atoms with Crippen LogP contribution in [0.15, 0.2) is 50.7 Å². The molecule has 24 heavy (non-hydrogen) atoms. The summed E-state index contributed by atoms with van der Waals surface area (Å²) in [5.41, 5.74) is 0.847. The van der Waals surface area contributed by atoms with Crippen molar-refractivity contribution in [2.75, 3.05) is 0 Å². The number of ether oxygens (including phenoxy) is 1. The molecule has 0 aliphatic rings. The first-order valence-electron chi connectivity index (χ1n) is 6.78. The highest BCUT2D eigenvalue weighted by Crippen LogP contribution is 2.30. The molecule has 8 heteroatoms. The molecule has 5 nitrogen and oxygen atoms in total. The largest absolute Gasteiger partial charge is 0.452 e. The maximum absolute atomic E-state index is 11.7. The lowest BCUT2D eigenvalue weighted by Gasteiger charge is -1.97. The first-order valence-corrected chi connectivity index (χ1v) is 8.77. The minimum Gasteiger partial charge on any atom is -0.452 e. The fraction of sp³-hybridized carbons (Fsp3) is 0.0625. The standard InChI is InChI=1S/C16H10BrClN2O3S/c17-13-7-6-12(24-13)16-20-19-14(23-16)9-22-15(21)8-3-10-1-4-11(18)5-2-10/h1-8H,9H2/b8-3+. The Morgan fingerprint density at radius 2 is 2.04 bits per heavy atom. The second-order valence-electron chi connectivity index (χ2n) is 4.60. The summed E-state index contributed by atoms with van der Waals surface area (Å²) in [7, 11) is 0. The number of carbonyl (C=O) groups excluding carboxylic acids is 1. The number of thiophene rings is 1. The maximum Gasteiger partial charge on any atom is 0.331 e. The number of aromatic nitrogens is 2. The van der Waals surface area contributed by atoms with E-state index in [1.54, 1.807) is 30.3 Å². The average molecular weight is 426 g/mol. The molecule has 0 fully saturated rings. The molecule has 0 spiro atoms. The van der Waals surface area contributed by atoms with Crippen LogP contribution in [-0.4, -0.2) is 16.2 Å². The summed E-state index contributed by atoms with van der Waals surface area (Å²) in [6.45, 7) is -0.0800. The average Bonchev–Trinajstić information content (AvgIpc) is 3.21. The summed E-state index contributed by atoms with van der Waals surface area (Å²) in [5.74, 6) is 0.139. The molecule has 2 aromatic heterocycles. The van der Waals surface area contributed by atoms with Crippen LogP contribution >= 0.6 is 38.9 Å². The minimum absolute atomic E-state index is 0.0800. The van der Waals surface area contributed by atoms with Crippen molar-refractivity contribution in [3.05, 3.63) is 62.7 Å². The molecule has 3 aromatic rings. The van der Waals surface area contributed by atoms with Gasteiger partial charge in [0.15, 0.2) is 6.61 Å². The van der Waals surface area contributed by atoms with Crippen LogP contribution in [0.4, 0.5) is 0 Å².